The van der Waals surface area contributed by atoms with Gasteiger partial charge in [-0.2, -0.15) is 5.26 Å². The van der Waals surface area contributed by atoms with Crippen molar-refractivity contribution in [1.82, 2.24) is 10.6 Å². The number of nitriles is 1. The number of carbonyl (C=O) groups is 3. The van der Waals surface area contributed by atoms with Crippen LogP contribution in [0.3, 0.4) is 0 Å². The minimum atomic E-state index is -1.29. The molecule has 150 valence electrons. The number of nitrogens with one attached hydrogen (secondary N) is 2. The molecular weight excluding hydrogens is 377 g/mol. The van der Waals surface area contributed by atoms with Crippen LogP contribution in [0.2, 0.25) is 0 Å². The topological polar surface area (TPSA) is 119 Å². The van der Waals surface area contributed by atoms with E-state index in [2.05, 4.69) is 10.6 Å². The van der Waals surface area contributed by atoms with Crippen LogP contribution in [0.25, 0.3) is 0 Å². The Hall–Kier alpha value is -3.73. The van der Waals surface area contributed by atoms with Crippen LogP contribution in [0, 0.1) is 17.1 Å². The lowest BCUT2D eigenvalue weighted by molar-refractivity contribution is -0.142. The van der Waals surface area contributed by atoms with E-state index in [1.54, 1.807) is 24.3 Å². The Bertz CT molecular complexity index is 938. The van der Waals surface area contributed by atoms with E-state index >= 15 is 0 Å². The average molecular weight is 397 g/mol. The van der Waals surface area contributed by atoms with Gasteiger partial charge in [0.2, 0.25) is 11.8 Å². The van der Waals surface area contributed by atoms with Gasteiger partial charge in [0.1, 0.15) is 17.9 Å². The summed E-state index contributed by atoms with van der Waals surface area (Å²) in [6, 6.07) is 11.6. The number of carbonyl (C=O) groups excluding carboxylic acids is 2. The van der Waals surface area contributed by atoms with E-state index in [1.807, 2.05) is 6.07 Å². The Balaban J connectivity index is 2.17. The third kappa shape index (κ3) is 6.43. The van der Waals surface area contributed by atoms with E-state index in [-0.39, 0.29) is 12.8 Å². The van der Waals surface area contributed by atoms with Gasteiger partial charge in [-0.1, -0.05) is 30.3 Å². The number of amides is 2. The lowest BCUT2D eigenvalue weighted by atomic mass is 10.00. The van der Waals surface area contributed by atoms with Gasteiger partial charge in [0.05, 0.1) is 11.6 Å². The van der Waals surface area contributed by atoms with Crippen LogP contribution in [0.15, 0.2) is 48.5 Å². The van der Waals surface area contributed by atoms with Crippen LogP contribution in [-0.4, -0.2) is 35.0 Å². The SMILES string of the molecule is CC(=O)N[C@@H](Cc1ccc(F)cc1)C(=O)N[C@@H](Cc1ccccc1C#N)C(=O)O. The van der Waals surface area contributed by atoms with Crippen LogP contribution in [0.4, 0.5) is 4.39 Å². The van der Waals surface area contributed by atoms with Gasteiger partial charge in [0.15, 0.2) is 0 Å². The molecule has 0 unspecified atom stereocenters. The maximum Gasteiger partial charge on any atom is 0.326 e. The number of hydrogen-bond donors (Lipinski definition) is 3. The van der Waals surface area contributed by atoms with Gasteiger partial charge in [-0.15, -0.1) is 0 Å². The second-order valence-corrected chi connectivity index (χ2v) is 6.46. The summed E-state index contributed by atoms with van der Waals surface area (Å²) in [7, 11) is 0. The second kappa shape index (κ2) is 9.99. The molecule has 8 heteroatoms. The van der Waals surface area contributed by atoms with Crippen molar-refractivity contribution < 1.29 is 23.9 Å². The van der Waals surface area contributed by atoms with Crippen molar-refractivity contribution in [2.24, 2.45) is 0 Å². The number of carboxylic acid groups (broad SMARTS) is 1. The molecule has 29 heavy (non-hydrogen) atoms. The van der Waals surface area contributed by atoms with Crippen molar-refractivity contribution in [3.8, 4) is 6.07 Å². The van der Waals surface area contributed by atoms with E-state index in [4.69, 9.17) is 5.26 Å². The van der Waals surface area contributed by atoms with Crippen molar-refractivity contribution in [3.05, 3.63) is 71.0 Å². The first-order chi connectivity index (χ1) is 13.8. The highest BCUT2D eigenvalue weighted by Gasteiger charge is 2.27. The molecule has 0 spiro atoms. The standard InChI is InChI=1S/C21H20FN3O4/c1-13(26)24-18(10-14-6-8-17(22)9-7-14)20(27)25-19(21(28)29)11-15-4-2-3-5-16(15)12-23/h2-9,18-19H,10-11H2,1H3,(H,24,26)(H,25,27)(H,28,29)/t18-,19-/m0/s1. The van der Waals surface area contributed by atoms with Crippen LogP contribution < -0.4 is 10.6 Å². The van der Waals surface area contributed by atoms with E-state index in [0.29, 0.717) is 16.7 Å². The Kier molecular flexibility index (Phi) is 7.43. The van der Waals surface area contributed by atoms with Gasteiger partial charge in [-0.3, -0.25) is 9.59 Å². The molecule has 3 N–H and O–H groups in total. The number of benzene rings is 2. The molecule has 0 aliphatic carbocycles. The minimum Gasteiger partial charge on any atom is -0.480 e. The monoisotopic (exact) mass is 397 g/mol. The average Bonchev–Trinajstić information content (AvgIpc) is 2.68. The Morgan fingerprint density at radius 3 is 2.28 bits per heavy atom. The molecule has 7 nitrogen and oxygen atoms in total. The molecule has 0 fully saturated rings. The molecule has 0 saturated heterocycles. The molecular formula is C21H20FN3O4. The van der Waals surface area contributed by atoms with Gasteiger partial charge >= 0.3 is 5.97 Å². The summed E-state index contributed by atoms with van der Waals surface area (Å²) in [5, 5.41) is 23.6. The molecule has 2 aromatic rings. The predicted octanol–water partition coefficient (Wildman–Crippen LogP) is 1.56. The Morgan fingerprint density at radius 2 is 1.69 bits per heavy atom. The molecule has 0 heterocycles. The number of nitrogens with zero attached hydrogens (tertiary/aromatic N) is 1. The zero-order valence-electron chi connectivity index (χ0n) is 15.7. The highest BCUT2D eigenvalue weighted by molar-refractivity contribution is 5.90. The molecule has 2 aromatic carbocycles. The van der Waals surface area contributed by atoms with E-state index < -0.39 is 35.7 Å². The normalized spacial score (nSPS) is 12.3. The first kappa shape index (κ1) is 21.6. The number of rotatable bonds is 8. The largest absolute Gasteiger partial charge is 0.480 e. The van der Waals surface area contributed by atoms with Crippen molar-refractivity contribution in [3.63, 3.8) is 0 Å². The lowest BCUT2D eigenvalue weighted by Crippen LogP contribution is -2.52. The number of carboxylic acids is 1. The summed E-state index contributed by atoms with van der Waals surface area (Å²) in [5.74, 6) is -2.86. The fraction of sp³-hybridized carbons (Fsp3) is 0.238. The van der Waals surface area contributed by atoms with Gasteiger partial charge < -0.3 is 15.7 Å². The molecule has 0 saturated carbocycles. The van der Waals surface area contributed by atoms with Crippen LogP contribution in [-0.2, 0) is 27.2 Å². The van der Waals surface area contributed by atoms with Gasteiger partial charge in [0.25, 0.3) is 0 Å². The molecule has 0 radical (unpaired) electrons. The number of aliphatic carboxylic acids is 1. The smallest absolute Gasteiger partial charge is 0.326 e. The summed E-state index contributed by atoms with van der Waals surface area (Å²) >= 11 is 0. The predicted molar refractivity (Wildman–Crippen MR) is 102 cm³/mol. The zero-order valence-corrected chi connectivity index (χ0v) is 15.7. The molecule has 2 amide bonds. The third-order valence-corrected chi connectivity index (χ3v) is 4.22. The maximum absolute atomic E-state index is 13.1. The fourth-order valence-electron chi connectivity index (χ4n) is 2.81. The Labute approximate surface area is 167 Å². The molecule has 2 rings (SSSR count). The molecule has 2 atom stereocenters. The first-order valence-electron chi connectivity index (χ1n) is 8.83. The van der Waals surface area contributed by atoms with E-state index in [1.165, 1.54) is 31.2 Å². The summed E-state index contributed by atoms with van der Waals surface area (Å²) in [5.41, 5.74) is 1.40. The van der Waals surface area contributed by atoms with Crippen molar-refractivity contribution in [2.75, 3.05) is 0 Å². The van der Waals surface area contributed by atoms with Crippen LogP contribution >= 0.6 is 0 Å². The first-order valence-corrected chi connectivity index (χ1v) is 8.83. The molecule has 0 aliphatic heterocycles. The van der Waals surface area contributed by atoms with Crippen molar-refractivity contribution in [1.29, 1.82) is 5.26 Å². The minimum absolute atomic E-state index is 0.0623. The second-order valence-electron chi connectivity index (χ2n) is 6.46. The van der Waals surface area contributed by atoms with E-state index in [0.717, 1.165) is 0 Å². The maximum atomic E-state index is 13.1. The van der Waals surface area contributed by atoms with Crippen molar-refractivity contribution >= 4 is 17.8 Å². The quantitative estimate of drug-likeness (QED) is 0.624. The lowest BCUT2D eigenvalue weighted by Gasteiger charge is -2.21. The van der Waals surface area contributed by atoms with Crippen LogP contribution in [0.5, 0.6) is 0 Å². The number of hydrogen-bond acceptors (Lipinski definition) is 4. The Morgan fingerprint density at radius 1 is 1.03 bits per heavy atom. The zero-order chi connectivity index (χ0) is 21.4. The highest BCUT2D eigenvalue weighted by atomic mass is 19.1. The third-order valence-electron chi connectivity index (χ3n) is 4.22. The van der Waals surface area contributed by atoms with Crippen molar-refractivity contribution in [2.45, 2.75) is 31.8 Å². The highest BCUT2D eigenvalue weighted by Crippen LogP contribution is 2.11. The fourth-order valence-corrected chi connectivity index (χ4v) is 2.81. The summed E-state index contributed by atoms with van der Waals surface area (Å²) < 4.78 is 13.1. The van der Waals surface area contributed by atoms with Gasteiger partial charge in [0, 0.05) is 19.8 Å². The van der Waals surface area contributed by atoms with Crippen LogP contribution in [0.1, 0.15) is 23.6 Å². The summed E-state index contributed by atoms with van der Waals surface area (Å²) in [6.45, 7) is 1.24. The summed E-state index contributed by atoms with van der Waals surface area (Å²) in [6.07, 6.45) is -0.0268. The molecule has 0 aliphatic rings. The van der Waals surface area contributed by atoms with E-state index in [9.17, 15) is 23.9 Å². The molecule has 0 aromatic heterocycles. The number of halogens is 1. The van der Waals surface area contributed by atoms with Gasteiger partial charge in [-0.25, -0.2) is 9.18 Å². The summed E-state index contributed by atoms with van der Waals surface area (Å²) in [4.78, 5) is 35.8. The van der Waals surface area contributed by atoms with Gasteiger partial charge in [-0.05, 0) is 29.3 Å². The molecule has 0 bridgehead atoms.